The maximum absolute atomic E-state index is 13.0. The van der Waals surface area contributed by atoms with Gasteiger partial charge in [-0.2, -0.15) is 0 Å². The van der Waals surface area contributed by atoms with Gasteiger partial charge in [0.1, 0.15) is 5.82 Å². The summed E-state index contributed by atoms with van der Waals surface area (Å²) in [7, 11) is 0. The molecule has 0 aliphatic carbocycles. The zero-order chi connectivity index (χ0) is 14.3. The first kappa shape index (κ1) is 15.6. The molecular formula is C13H16BrFN2O2. The van der Waals surface area contributed by atoms with Crippen LogP contribution in [0.1, 0.15) is 30.1 Å². The third-order valence-corrected chi connectivity index (χ3v) is 3.07. The third kappa shape index (κ3) is 5.38. The summed E-state index contributed by atoms with van der Waals surface area (Å²) in [5.41, 5.74) is 0.217. The summed E-state index contributed by atoms with van der Waals surface area (Å²) in [4.78, 5) is 23.1. The molecule has 1 rings (SSSR count). The summed E-state index contributed by atoms with van der Waals surface area (Å²) in [5, 5.41) is 5.28. The Kier molecular flexibility index (Phi) is 6.49. The minimum absolute atomic E-state index is 0.111. The molecule has 0 radical (unpaired) electrons. The number of amides is 2. The topological polar surface area (TPSA) is 58.2 Å². The van der Waals surface area contributed by atoms with E-state index < -0.39 is 11.7 Å². The van der Waals surface area contributed by atoms with Gasteiger partial charge in [-0.15, -0.1) is 0 Å². The molecule has 0 saturated carbocycles. The molecule has 2 N–H and O–H groups in total. The highest BCUT2D eigenvalue weighted by atomic mass is 79.9. The Morgan fingerprint density at radius 1 is 1.26 bits per heavy atom. The van der Waals surface area contributed by atoms with E-state index in [1.165, 1.54) is 12.1 Å². The van der Waals surface area contributed by atoms with E-state index in [-0.39, 0.29) is 24.4 Å². The van der Waals surface area contributed by atoms with E-state index in [0.29, 0.717) is 11.0 Å². The van der Waals surface area contributed by atoms with E-state index in [2.05, 4.69) is 26.6 Å². The van der Waals surface area contributed by atoms with Gasteiger partial charge >= 0.3 is 0 Å². The molecule has 0 spiro atoms. The second-order valence-corrected chi connectivity index (χ2v) is 4.83. The van der Waals surface area contributed by atoms with Gasteiger partial charge in [0.05, 0.1) is 5.56 Å². The standard InChI is InChI=1S/C13H16BrFN2O2/c1-2-6-16-12(18)5-7-17-13(19)10-8-9(15)3-4-11(10)14/h3-4,8H,2,5-7H2,1H3,(H,16,18)(H,17,19). The highest BCUT2D eigenvalue weighted by Crippen LogP contribution is 2.17. The second-order valence-electron chi connectivity index (χ2n) is 3.98. The number of hydrogen-bond donors (Lipinski definition) is 2. The van der Waals surface area contributed by atoms with Crippen molar-refractivity contribution in [2.75, 3.05) is 13.1 Å². The van der Waals surface area contributed by atoms with Crippen molar-refractivity contribution >= 4 is 27.7 Å². The number of benzene rings is 1. The fourth-order valence-electron chi connectivity index (χ4n) is 1.41. The number of hydrogen-bond acceptors (Lipinski definition) is 2. The molecule has 0 aliphatic rings. The molecule has 0 unspecified atom stereocenters. The Balaban J connectivity index is 2.43. The highest BCUT2D eigenvalue weighted by molar-refractivity contribution is 9.10. The van der Waals surface area contributed by atoms with Crippen LogP contribution in [0.3, 0.4) is 0 Å². The summed E-state index contributed by atoms with van der Waals surface area (Å²) >= 11 is 3.18. The van der Waals surface area contributed by atoms with E-state index in [4.69, 9.17) is 0 Å². The molecule has 19 heavy (non-hydrogen) atoms. The Morgan fingerprint density at radius 3 is 2.68 bits per heavy atom. The Labute approximate surface area is 119 Å². The molecular weight excluding hydrogens is 315 g/mol. The third-order valence-electron chi connectivity index (χ3n) is 2.38. The van der Waals surface area contributed by atoms with E-state index >= 15 is 0 Å². The van der Waals surface area contributed by atoms with Gasteiger partial charge in [-0.3, -0.25) is 9.59 Å². The molecule has 0 bridgehead atoms. The van der Waals surface area contributed by atoms with E-state index in [0.717, 1.165) is 12.5 Å². The first-order chi connectivity index (χ1) is 9.04. The maximum Gasteiger partial charge on any atom is 0.252 e. The SMILES string of the molecule is CCCNC(=O)CCNC(=O)c1cc(F)ccc1Br. The maximum atomic E-state index is 13.0. The second kappa shape index (κ2) is 7.89. The van der Waals surface area contributed by atoms with Crippen molar-refractivity contribution < 1.29 is 14.0 Å². The normalized spacial score (nSPS) is 10.1. The molecule has 2 amide bonds. The largest absolute Gasteiger partial charge is 0.356 e. The lowest BCUT2D eigenvalue weighted by molar-refractivity contribution is -0.120. The number of carbonyl (C=O) groups excluding carboxylic acids is 2. The minimum atomic E-state index is -0.478. The van der Waals surface area contributed by atoms with Gasteiger partial charge < -0.3 is 10.6 Å². The van der Waals surface area contributed by atoms with Gasteiger partial charge in [0, 0.05) is 24.0 Å². The fourth-order valence-corrected chi connectivity index (χ4v) is 1.84. The van der Waals surface area contributed by atoms with Crippen molar-refractivity contribution in [3.05, 3.63) is 34.1 Å². The molecule has 104 valence electrons. The van der Waals surface area contributed by atoms with Crippen molar-refractivity contribution in [2.24, 2.45) is 0 Å². The molecule has 0 fully saturated rings. The van der Waals surface area contributed by atoms with Crippen LogP contribution in [-0.4, -0.2) is 24.9 Å². The van der Waals surface area contributed by atoms with Crippen LogP contribution in [0.5, 0.6) is 0 Å². The monoisotopic (exact) mass is 330 g/mol. The highest BCUT2D eigenvalue weighted by Gasteiger charge is 2.11. The number of nitrogens with one attached hydrogen (secondary N) is 2. The molecule has 0 atom stereocenters. The zero-order valence-corrected chi connectivity index (χ0v) is 12.2. The van der Waals surface area contributed by atoms with Crippen LogP contribution < -0.4 is 10.6 Å². The number of rotatable bonds is 6. The van der Waals surface area contributed by atoms with Crippen molar-refractivity contribution in [1.29, 1.82) is 0 Å². The molecule has 1 aromatic carbocycles. The summed E-state index contributed by atoms with van der Waals surface area (Å²) in [6.45, 7) is 2.81. The molecule has 0 saturated heterocycles. The van der Waals surface area contributed by atoms with Crippen LogP contribution in [0.25, 0.3) is 0 Å². The average Bonchev–Trinajstić information content (AvgIpc) is 2.39. The molecule has 1 aromatic rings. The Morgan fingerprint density at radius 2 is 2.00 bits per heavy atom. The van der Waals surface area contributed by atoms with Gasteiger partial charge in [0.2, 0.25) is 5.91 Å². The van der Waals surface area contributed by atoms with Gasteiger partial charge in [-0.05, 0) is 40.5 Å². The van der Waals surface area contributed by atoms with Crippen LogP contribution in [0.15, 0.2) is 22.7 Å². The van der Waals surface area contributed by atoms with Crippen LogP contribution in [0, 0.1) is 5.82 Å². The predicted octanol–water partition coefficient (Wildman–Crippen LogP) is 2.23. The van der Waals surface area contributed by atoms with Crippen LogP contribution in [-0.2, 0) is 4.79 Å². The number of halogens is 2. The van der Waals surface area contributed by atoms with Crippen LogP contribution >= 0.6 is 15.9 Å². The Hall–Kier alpha value is -1.43. The van der Waals surface area contributed by atoms with Gasteiger partial charge in [-0.25, -0.2) is 4.39 Å². The van der Waals surface area contributed by atoms with Gasteiger partial charge in [-0.1, -0.05) is 6.92 Å². The summed E-state index contributed by atoms with van der Waals surface area (Å²) < 4.78 is 13.5. The lowest BCUT2D eigenvalue weighted by Crippen LogP contribution is -2.31. The molecule has 0 aromatic heterocycles. The van der Waals surface area contributed by atoms with Gasteiger partial charge in [0.15, 0.2) is 0 Å². The van der Waals surface area contributed by atoms with Crippen LogP contribution in [0.4, 0.5) is 4.39 Å². The quantitative estimate of drug-likeness (QED) is 0.840. The summed E-state index contributed by atoms with van der Waals surface area (Å²) in [6, 6.07) is 3.88. The fraction of sp³-hybridized carbons (Fsp3) is 0.385. The van der Waals surface area contributed by atoms with Crippen molar-refractivity contribution in [3.63, 3.8) is 0 Å². The summed E-state index contributed by atoms with van der Waals surface area (Å²) in [6.07, 6.45) is 1.08. The molecule has 0 aliphatic heterocycles. The first-order valence-corrected chi connectivity index (χ1v) is 6.84. The lowest BCUT2D eigenvalue weighted by atomic mass is 10.2. The summed E-state index contributed by atoms with van der Waals surface area (Å²) in [5.74, 6) is -0.996. The van der Waals surface area contributed by atoms with Crippen LogP contribution in [0.2, 0.25) is 0 Å². The van der Waals surface area contributed by atoms with Crippen molar-refractivity contribution in [1.82, 2.24) is 10.6 Å². The van der Waals surface area contributed by atoms with E-state index in [1.807, 2.05) is 6.92 Å². The molecule has 6 heteroatoms. The average molecular weight is 331 g/mol. The predicted molar refractivity (Wildman–Crippen MR) is 74.4 cm³/mol. The van der Waals surface area contributed by atoms with Crippen molar-refractivity contribution in [2.45, 2.75) is 19.8 Å². The smallest absolute Gasteiger partial charge is 0.252 e. The van der Waals surface area contributed by atoms with E-state index in [9.17, 15) is 14.0 Å². The molecule has 4 nitrogen and oxygen atoms in total. The Bertz CT molecular complexity index is 466. The minimum Gasteiger partial charge on any atom is -0.356 e. The number of carbonyl (C=O) groups is 2. The van der Waals surface area contributed by atoms with E-state index in [1.54, 1.807) is 0 Å². The van der Waals surface area contributed by atoms with Crippen molar-refractivity contribution in [3.8, 4) is 0 Å². The van der Waals surface area contributed by atoms with Gasteiger partial charge in [0.25, 0.3) is 5.91 Å². The molecule has 0 heterocycles. The first-order valence-electron chi connectivity index (χ1n) is 6.04. The lowest BCUT2D eigenvalue weighted by Gasteiger charge is -2.07. The zero-order valence-electron chi connectivity index (χ0n) is 10.6.